The minimum atomic E-state index is 0.492. The molecule has 0 atom stereocenters. The summed E-state index contributed by atoms with van der Waals surface area (Å²) in [6.07, 6.45) is 6.30. The van der Waals surface area contributed by atoms with Crippen LogP contribution in [0.1, 0.15) is 42.2 Å². The molecule has 142 valence electrons. The van der Waals surface area contributed by atoms with Gasteiger partial charge >= 0.3 is 0 Å². The van der Waals surface area contributed by atoms with Crippen molar-refractivity contribution >= 4 is 27.4 Å². The summed E-state index contributed by atoms with van der Waals surface area (Å²) in [5.74, 6) is 1.01. The van der Waals surface area contributed by atoms with E-state index in [9.17, 15) is 0 Å². The first-order valence-corrected chi connectivity index (χ1v) is 10.8. The van der Waals surface area contributed by atoms with Crippen molar-refractivity contribution in [2.75, 3.05) is 18.4 Å². The lowest BCUT2D eigenvalue weighted by molar-refractivity contribution is 0.211. The molecule has 0 aliphatic carbocycles. The van der Waals surface area contributed by atoms with E-state index in [1.54, 1.807) is 17.7 Å². The van der Waals surface area contributed by atoms with Gasteiger partial charge in [-0.1, -0.05) is 43.2 Å². The van der Waals surface area contributed by atoms with Crippen molar-refractivity contribution in [3.05, 3.63) is 52.7 Å². The molecule has 3 heterocycles. The number of nitrogens with one attached hydrogen (secondary N) is 1. The number of fused-ring (bicyclic) bond motifs is 1. The lowest BCUT2D eigenvalue weighted by Crippen LogP contribution is -2.38. The molecule has 1 aromatic carbocycles. The maximum absolute atomic E-state index is 4.54. The van der Waals surface area contributed by atoms with Crippen molar-refractivity contribution in [1.29, 1.82) is 0 Å². The minimum Gasteiger partial charge on any atom is -0.367 e. The number of anilines is 1. The van der Waals surface area contributed by atoms with E-state index in [0.29, 0.717) is 6.04 Å². The van der Waals surface area contributed by atoms with Gasteiger partial charge in [0.2, 0.25) is 0 Å². The van der Waals surface area contributed by atoms with Crippen LogP contribution in [0.25, 0.3) is 10.2 Å². The standard InChI is InChI=1S/C22H28N4S/c1-3-4-19-13-20-21(23-15-24-22(20)27-19)25-18-9-11-26(12-10-18)14-17-7-5-16(2)6-8-17/h5-8,13,15,18H,3-4,9-12,14H2,1-2H3,(H,23,24,25). The lowest BCUT2D eigenvalue weighted by atomic mass is 10.0. The molecule has 1 fully saturated rings. The molecular weight excluding hydrogens is 352 g/mol. The molecule has 0 bridgehead atoms. The fourth-order valence-electron chi connectivity index (χ4n) is 3.77. The van der Waals surface area contributed by atoms with Gasteiger partial charge in [0.1, 0.15) is 17.0 Å². The fourth-order valence-corrected chi connectivity index (χ4v) is 4.87. The smallest absolute Gasteiger partial charge is 0.138 e. The topological polar surface area (TPSA) is 41.0 Å². The molecule has 0 saturated carbocycles. The summed E-state index contributed by atoms with van der Waals surface area (Å²) < 4.78 is 0. The van der Waals surface area contributed by atoms with Gasteiger partial charge in [-0.3, -0.25) is 4.90 Å². The zero-order valence-corrected chi connectivity index (χ0v) is 17.1. The van der Waals surface area contributed by atoms with Crippen LogP contribution in [0.15, 0.2) is 36.7 Å². The van der Waals surface area contributed by atoms with Crippen molar-refractivity contribution in [1.82, 2.24) is 14.9 Å². The second-order valence-electron chi connectivity index (χ2n) is 7.58. The van der Waals surface area contributed by atoms with Gasteiger partial charge in [-0.15, -0.1) is 11.3 Å². The van der Waals surface area contributed by atoms with E-state index in [1.807, 2.05) is 0 Å². The summed E-state index contributed by atoms with van der Waals surface area (Å²) in [6.45, 7) is 7.67. The van der Waals surface area contributed by atoms with E-state index in [-0.39, 0.29) is 0 Å². The first-order chi connectivity index (χ1) is 13.2. The summed E-state index contributed by atoms with van der Waals surface area (Å²) in [6, 6.07) is 11.7. The highest BCUT2D eigenvalue weighted by Gasteiger charge is 2.20. The Morgan fingerprint density at radius 1 is 1.15 bits per heavy atom. The predicted octanol–water partition coefficient (Wildman–Crippen LogP) is 5.03. The molecule has 27 heavy (non-hydrogen) atoms. The number of piperidine rings is 1. The molecular formula is C22H28N4S. The van der Waals surface area contributed by atoms with Gasteiger partial charge in [0.25, 0.3) is 0 Å². The van der Waals surface area contributed by atoms with Gasteiger partial charge in [-0.2, -0.15) is 0 Å². The van der Waals surface area contributed by atoms with Crippen LogP contribution < -0.4 is 5.32 Å². The van der Waals surface area contributed by atoms with Crippen LogP contribution in [0.5, 0.6) is 0 Å². The number of hydrogen-bond acceptors (Lipinski definition) is 5. The summed E-state index contributed by atoms with van der Waals surface area (Å²) in [7, 11) is 0. The summed E-state index contributed by atoms with van der Waals surface area (Å²) in [5.41, 5.74) is 2.74. The number of hydrogen-bond donors (Lipinski definition) is 1. The summed E-state index contributed by atoms with van der Waals surface area (Å²) in [4.78, 5) is 14.1. The van der Waals surface area contributed by atoms with Crippen molar-refractivity contribution in [3.8, 4) is 0 Å². The predicted molar refractivity (Wildman–Crippen MR) is 115 cm³/mol. The molecule has 3 aromatic rings. The Morgan fingerprint density at radius 3 is 2.67 bits per heavy atom. The van der Waals surface area contributed by atoms with Crippen molar-refractivity contribution < 1.29 is 0 Å². The van der Waals surface area contributed by atoms with Gasteiger partial charge in [-0.25, -0.2) is 9.97 Å². The SMILES string of the molecule is CCCc1cc2c(NC3CCN(Cc4ccc(C)cc4)CC3)ncnc2s1. The molecule has 4 rings (SSSR count). The Labute approximate surface area is 165 Å². The van der Waals surface area contributed by atoms with Gasteiger partial charge in [0.15, 0.2) is 0 Å². The number of thiophene rings is 1. The Bertz CT molecular complexity index is 879. The number of likely N-dealkylation sites (tertiary alicyclic amines) is 1. The number of aromatic nitrogens is 2. The van der Waals surface area contributed by atoms with Crippen LogP contribution in [0.3, 0.4) is 0 Å². The average molecular weight is 381 g/mol. The van der Waals surface area contributed by atoms with E-state index >= 15 is 0 Å². The van der Waals surface area contributed by atoms with Gasteiger partial charge in [0.05, 0.1) is 5.39 Å². The Morgan fingerprint density at radius 2 is 1.93 bits per heavy atom. The summed E-state index contributed by atoms with van der Waals surface area (Å²) in [5, 5.41) is 4.89. The zero-order chi connectivity index (χ0) is 18.6. The second-order valence-corrected chi connectivity index (χ2v) is 8.70. The molecule has 0 radical (unpaired) electrons. The van der Waals surface area contributed by atoms with Crippen LogP contribution in [-0.4, -0.2) is 34.0 Å². The van der Waals surface area contributed by atoms with Gasteiger partial charge in [-0.05, 0) is 37.8 Å². The fraction of sp³-hybridized carbons (Fsp3) is 0.455. The Kier molecular flexibility index (Phi) is 5.69. The normalized spacial score (nSPS) is 16.1. The van der Waals surface area contributed by atoms with Crippen LogP contribution >= 0.6 is 11.3 Å². The number of rotatable bonds is 6. The number of aryl methyl sites for hydroxylation is 2. The third-order valence-electron chi connectivity index (χ3n) is 5.33. The third-order valence-corrected chi connectivity index (χ3v) is 6.43. The molecule has 2 aromatic heterocycles. The summed E-state index contributed by atoms with van der Waals surface area (Å²) >= 11 is 1.80. The molecule has 1 saturated heterocycles. The van der Waals surface area contributed by atoms with E-state index in [2.05, 4.69) is 64.4 Å². The highest BCUT2D eigenvalue weighted by Crippen LogP contribution is 2.30. The zero-order valence-electron chi connectivity index (χ0n) is 16.2. The monoisotopic (exact) mass is 380 g/mol. The van der Waals surface area contributed by atoms with E-state index < -0.39 is 0 Å². The highest BCUT2D eigenvalue weighted by molar-refractivity contribution is 7.18. The van der Waals surface area contributed by atoms with Crippen LogP contribution in [0.2, 0.25) is 0 Å². The molecule has 5 heteroatoms. The van der Waals surface area contributed by atoms with Crippen molar-refractivity contribution in [2.45, 2.75) is 52.1 Å². The van der Waals surface area contributed by atoms with E-state index in [0.717, 1.165) is 49.5 Å². The lowest BCUT2D eigenvalue weighted by Gasteiger charge is -2.32. The van der Waals surface area contributed by atoms with Crippen molar-refractivity contribution in [3.63, 3.8) is 0 Å². The maximum atomic E-state index is 4.54. The van der Waals surface area contributed by atoms with Crippen LogP contribution in [0.4, 0.5) is 5.82 Å². The van der Waals surface area contributed by atoms with Gasteiger partial charge < -0.3 is 5.32 Å². The Balaban J connectivity index is 1.36. The average Bonchev–Trinajstić information content (AvgIpc) is 3.09. The molecule has 0 spiro atoms. The first-order valence-electron chi connectivity index (χ1n) is 9.99. The maximum Gasteiger partial charge on any atom is 0.138 e. The van der Waals surface area contributed by atoms with E-state index in [1.165, 1.54) is 27.8 Å². The first kappa shape index (κ1) is 18.4. The van der Waals surface area contributed by atoms with Crippen molar-refractivity contribution in [2.24, 2.45) is 0 Å². The molecule has 1 aliphatic heterocycles. The molecule has 0 amide bonds. The molecule has 4 nitrogen and oxygen atoms in total. The number of benzene rings is 1. The molecule has 0 unspecified atom stereocenters. The largest absolute Gasteiger partial charge is 0.367 e. The molecule has 1 aliphatic rings. The quantitative estimate of drug-likeness (QED) is 0.651. The Hall–Kier alpha value is -1.98. The van der Waals surface area contributed by atoms with Crippen LogP contribution in [-0.2, 0) is 13.0 Å². The van der Waals surface area contributed by atoms with Gasteiger partial charge in [0, 0.05) is 30.6 Å². The van der Waals surface area contributed by atoms with E-state index in [4.69, 9.17) is 0 Å². The third kappa shape index (κ3) is 4.47. The highest BCUT2D eigenvalue weighted by atomic mass is 32.1. The molecule has 1 N–H and O–H groups in total. The second kappa shape index (κ2) is 8.36. The van der Waals surface area contributed by atoms with Crippen LogP contribution in [0, 0.1) is 6.92 Å². The minimum absolute atomic E-state index is 0.492. The number of nitrogens with zero attached hydrogens (tertiary/aromatic N) is 3.